The largest absolute Gasteiger partial charge is 0.454 e. The van der Waals surface area contributed by atoms with Gasteiger partial charge in [0.25, 0.3) is 0 Å². The Morgan fingerprint density at radius 1 is 1.00 bits per heavy atom. The van der Waals surface area contributed by atoms with Crippen molar-refractivity contribution in [2.24, 2.45) is 0 Å². The Kier molecular flexibility index (Phi) is 2.94. The van der Waals surface area contributed by atoms with Gasteiger partial charge in [0.15, 0.2) is 5.75 Å². The summed E-state index contributed by atoms with van der Waals surface area (Å²) in [6.45, 7) is 0. The van der Waals surface area contributed by atoms with E-state index in [0.29, 0.717) is 22.7 Å². The Hall–Kier alpha value is -3.06. The highest BCUT2D eigenvalue weighted by atomic mass is 16.5. The molecule has 0 aliphatic heterocycles. The standard InChI is InChI=1S/C16H11N3O/c17-9-11-7-8-19-10-16(11)20-15-6-5-14(18)12-3-1-2-4-13(12)15/h1-8,10H,18H2. The van der Waals surface area contributed by atoms with E-state index < -0.39 is 0 Å². The van der Waals surface area contributed by atoms with Crippen LogP contribution >= 0.6 is 0 Å². The lowest BCUT2D eigenvalue weighted by Crippen LogP contribution is -1.92. The Bertz CT molecular complexity index is 821. The second kappa shape index (κ2) is 4.90. The summed E-state index contributed by atoms with van der Waals surface area (Å²) < 4.78 is 5.83. The van der Waals surface area contributed by atoms with Crippen molar-refractivity contribution < 1.29 is 4.74 Å². The maximum absolute atomic E-state index is 9.08. The van der Waals surface area contributed by atoms with Crippen molar-refractivity contribution in [2.45, 2.75) is 0 Å². The molecule has 0 aliphatic carbocycles. The number of nitrogen functional groups attached to an aromatic ring is 1. The summed E-state index contributed by atoms with van der Waals surface area (Å²) in [6.07, 6.45) is 3.09. The van der Waals surface area contributed by atoms with Gasteiger partial charge in [0.2, 0.25) is 0 Å². The molecule has 0 amide bonds. The molecular formula is C16H11N3O. The van der Waals surface area contributed by atoms with Crippen LogP contribution in [0, 0.1) is 11.3 Å². The highest BCUT2D eigenvalue weighted by Crippen LogP contribution is 2.33. The molecule has 0 aliphatic rings. The molecule has 2 aromatic carbocycles. The number of anilines is 1. The number of hydrogen-bond donors (Lipinski definition) is 1. The third-order valence-corrected chi connectivity index (χ3v) is 3.04. The molecule has 1 heterocycles. The fraction of sp³-hybridized carbons (Fsp3) is 0. The molecule has 20 heavy (non-hydrogen) atoms. The molecule has 96 valence electrons. The SMILES string of the molecule is N#Cc1ccncc1Oc1ccc(N)c2ccccc12. The summed E-state index contributed by atoms with van der Waals surface area (Å²) in [4.78, 5) is 3.99. The lowest BCUT2D eigenvalue weighted by atomic mass is 10.1. The van der Waals surface area contributed by atoms with Gasteiger partial charge in [-0.25, -0.2) is 0 Å². The van der Waals surface area contributed by atoms with Crippen LogP contribution in [-0.2, 0) is 0 Å². The first-order valence-electron chi connectivity index (χ1n) is 6.09. The minimum absolute atomic E-state index is 0.435. The van der Waals surface area contributed by atoms with Crippen LogP contribution in [0.4, 0.5) is 5.69 Å². The maximum Gasteiger partial charge on any atom is 0.163 e. The Labute approximate surface area is 116 Å². The normalized spacial score (nSPS) is 10.2. The lowest BCUT2D eigenvalue weighted by molar-refractivity contribution is 0.484. The summed E-state index contributed by atoms with van der Waals surface area (Å²) in [5.74, 6) is 1.09. The van der Waals surface area contributed by atoms with Crippen LogP contribution in [0.3, 0.4) is 0 Å². The minimum Gasteiger partial charge on any atom is -0.454 e. The number of nitriles is 1. The van der Waals surface area contributed by atoms with Gasteiger partial charge < -0.3 is 10.5 Å². The molecule has 0 saturated carbocycles. The molecule has 1 aromatic heterocycles. The van der Waals surface area contributed by atoms with Gasteiger partial charge in [-0.3, -0.25) is 4.98 Å². The van der Waals surface area contributed by atoms with E-state index in [0.717, 1.165) is 10.8 Å². The maximum atomic E-state index is 9.08. The van der Waals surface area contributed by atoms with Crippen LogP contribution in [0.25, 0.3) is 10.8 Å². The molecule has 0 bridgehead atoms. The Balaban J connectivity index is 2.12. The van der Waals surface area contributed by atoms with Gasteiger partial charge in [-0.2, -0.15) is 5.26 Å². The summed E-state index contributed by atoms with van der Waals surface area (Å²) in [5, 5.41) is 10.9. The number of hydrogen-bond acceptors (Lipinski definition) is 4. The highest BCUT2D eigenvalue weighted by Gasteiger charge is 2.08. The van der Waals surface area contributed by atoms with Gasteiger partial charge in [0.05, 0.1) is 11.8 Å². The minimum atomic E-state index is 0.435. The van der Waals surface area contributed by atoms with E-state index in [9.17, 15) is 0 Å². The second-order valence-corrected chi connectivity index (χ2v) is 4.28. The molecule has 0 unspecified atom stereocenters. The molecule has 2 N–H and O–H groups in total. The molecular weight excluding hydrogens is 250 g/mol. The van der Waals surface area contributed by atoms with Gasteiger partial charge in [0, 0.05) is 22.7 Å². The quantitative estimate of drug-likeness (QED) is 0.717. The molecule has 0 saturated heterocycles. The van der Waals surface area contributed by atoms with Crippen molar-refractivity contribution in [3.63, 3.8) is 0 Å². The summed E-state index contributed by atoms with van der Waals surface area (Å²) >= 11 is 0. The summed E-state index contributed by atoms with van der Waals surface area (Å²) in [7, 11) is 0. The van der Waals surface area contributed by atoms with E-state index in [1.165, 1.54) is 6.20 Å². The van der Waals surface area contributed by atoms with Crippen LogP contribution in [0.5, 0.6) is 11.5 Å². The van der Waals surface area contributed by atoms with E-state index >= 15 is 0 Å². The van der Waals surface area contributed by atoms with Gasteiger partial charge in [-0.1, -0.05) is 24.3 Å². The van der Waals surface area contributed by atoms with Crippen molar-refractivity contribution in [1.29, 1.82) is 5.26 Å². The highest BCUT2D eigenvalue weighted by molar-refractivity contribution is 5.97. The van der Waals surface area contributed by atoms with E-state index in [-0.39, 0.29) is 0 Å². The van der Waals surface area contributed by atoms with Crippen LogP contribution < -0.4 is 10.5 Å². The molecule has 4 heteroatoms. The van der Waals surface area contributed by atoms with Gasteiger partial charge in [-0.05, 0) is 18.2 Å². The predicted octanol–water partition coefficient (Wildman–Crippen LogP) is 3.48. The van der Waals surface area contributed by atoms with Crippen LogP contribution in [0.1, 0.15) is 5.56 Å². The van der Waals surface area contributed by atoms with Gasteiger partial charge in [-0.15, -0.1) is 0 Å². The summed E-state index contributed by atoms with van der Waals surface area (Å²) in [6, 6.07) is 15.0. The molecule has 4 nitrogen and oxygen atoms in total. The molecule has 0 radical (unpaired) electrons. The second-order valence-electron chi connectivity index (χ2n) is 4.28. The number of benzene rings is 2. The first-order chi connectivity index (χ1) is 9.79. The Morgan fingerprint density at radius 3 is 2.60 bits per heavy atom. The first-order valence-corrected chi connectivity index (χ1v) is 6.09. The van der Waals surface area contributed by atoms with E-state index in [1.54, 1.807) is 24.4 Å². The van der Waals surface area contributed by atoms with Crippen molar-refractivity contribution in [3.05, 3.63) is 60.4 Å². The molecule has 3 rings (SSSR count). The topological polar surface area (TPSA) is 71.9 Å². The van der Waals surface area contributed by atoms with Crippen molar-refractivity contribution in [2.75, 3.05) is 5.73 Å². The van der Waals surface area contributed by atoms with Crippen molar-refractivity contribution in [1.82, 2.24) is 4.98 Å². The number of pyridine rings is 1. The zero-order valence-electron chi connectivity index (χ0n) is 10.6. The zero-order chi connectivity index (χ0) is 13.9. The zero-order valence-corrected chi connectivity index (χ0v) is 10.6. The average molecular weight is 261 g/mol. The fourth-order valence-electron chi connectivity index (χ4n) is 2.06. The van der Waals surface area contributed by atoms with Crippen LogP contribution in [0.2, 0.25) is 0 Å². The number of rotatable bonds is 2. The Morgan fingerprint density at radius 2 is 1.80 bits per heavy atom. The van der Waals surface area contributed by atoms with E-state index in [2.05, 4.69) is 11.1 Å². The third kappa shape index (κ3) is 2.02. The summed E-state index contributed by atoms with van der Waals surface area (Å²) in [5.41, 5.74) is 7.09. The third-order valence-electron chi connectivity index (χ3n) is 3.04. The van der Waals surface area contributed by atoms with E-state index in [1.807, 2.05) is 24.3 Å². The number of fused-ring (bicyclic) bond motifs is 1. The monoisotopic (exact) mass is 261 g/mol. The molecule has 0 atom stereocenters. The van der Waals surface area contributed by atoms with Gasteiger partial charge >= 0.3 is 0 Å². The molecule has 3 aromatic rings. The fourth-order valence-corrected chi connectivity index (χ4v) is 2.06. The van der Waals surface area contributed by atoms with Crippen molar-refractivity contribution >= 4 is 16.5 Å². The molecule has 0 fully saturated rings. The van der Waals surface area contributed by atoms with Gasteiger partial charge in [0.1, 0.15) is 11.8 Å². The van der Waals surface area contributed by atoms with Crippen LogP contribution in [0.15, 0.2) is 54.9 Å². The number of nitrogens with two attached hydrogens (primary N) is 1. The van der Waals surface area contributed by atoms with E-state index in [4.69, 9.17) is 15.7 Å². The number of nitrogens with zero attached hydrogens (tertiary/aromatic N) is 2. The lowest BCUT2D eigenvalue weighted by Gasteiger charge is -2.11. The number of ether oxygens (including phenoxy) is 1. The molecule has 0 spiro atoms. The predicted molar refractivity (Wildman–Crippen MR) is 77.4 cm³/mol. The van der Waals surface area contributed by atoms with Crippen molar-refractivity contribution in [3.8, 4) is 17.6 Å². The smallest absolute Gasteiger partial charge is 0.163 e. The number of aromatic nitrogens is 1. The first kappa shape index (κ1) is 12.0. The van der Waals surface area contributed by atoms with Crippen LogP contribution in [-0.4, -0.2) is 4.98 Å². The average Bonchev–Trinajstić information content (AvgIpc) is 2.51.